The molecule has 45 heavy (non-hydrogen) atoms. The van der Waals surface area contributed by atoms with Crippen LogP contribution in [-0.2, 0) is 25.5 Å². The van der Waals surface area contributed by atoms with Crippen LogP contribution in [0.5, 0.6) is 11.5 Å². The number of amides is 2. The van der Waals surface area contributed by atoms with Gasteiger partial charge in [-0.2, -0.15) is 0 Å². The molecule has 1 heterocycles. The molecule has 0 radical (unpaired) electrons. The Morgan fingerprint density at radius 1 is 0.956 bits per heavy atom. The van der Waals surface area contributed by atoms with Crippen LogP contribution in [0.1, 0.15) is 110 Å². The second kappa shape index (κ2) is 12.4. The third-order valence-electron chi connectivity index (χ3n) is 13.0. The summed E-state index contributed by atoms with van der Waals surface area (Å²) in [4.78, 5) is 44.0. The van der Waals surface area contributed by atoms with Crippen LogP contribution in [0, 0.1) is 28.6 Å². The number of hydrogen-bond donors (Lipinski definition) is 4. The number of aromatic hydroxyl groups is 2. The second-order valence-electron chi connectivity index (χ2n) is 15.6. The summed E-state index contributed by atoms with van der Waals surface area (Å²) in [6, 6.07) is 2.62. The van der Waals surface area contributed by atoms with Gasteiger partial charge in [0.05, 0.1) is 0 Å². The fourth-order valence-electron chi connectivity index (χ4n) is 9.79. The number of nitrogens with one attached hydrogen (secondary N) is 1. The van der Waals surface area contributed by atoms with Gasteiger partial charge < -0.3 is 30.3 Å². The standard InChI is InChI=1S/C36H52N2O7/c1-35(2)24-15-16-36(35,3)30(20-24)45-34(44)26-19-23-11-7-8-12-25(23)38(26)33(43)31(22-9-5-4-6-10-22)37-32(42)29(41)18-21-13-14-27(39)28(40)17-21/h13-14,17,22-26,29-31,39-41H,4-12,15-16,18-20H2,1-3H3,(H,37,42). The second-order valence-corrected chi connectivity index (χ2v) is 15.6. The summed E-state index contributed by atoms with van der Waals surface area (Å²) in [6.07, 6.45) is 10.5. The Morgan fingerprint density at radius 2 is 1.67 bits per heavy atom. The highest BCUT2D eigenvalue weighted by atomic mass is 16.5. The lowest BCUT2D eigenvalue weighted by atomic mass is 9.70. The summed E-state index contributed by atoms with van der Waals surface area (Å²) < 4.78 is 6.38. The molecule has 6 rings (SSSR count). The van der Waals surface area contributed by atoms with E-state index in [1.54, 1.807) is 4.90 Å². The Morgan fingerprint density at radius 3 is 2.33 bits per heavy atom. The molecule has 4 saturated carbocycles. The fourth-order valence-corrected chi connectivity index (χ4v) is 9.79. The van der Waals surface area contributed by atoms with Gasteiger partial charge in [0.1, 0.15) is 24.3 Å². The number of fused-ring (bicyclic) bond motifs is 3. The van der Waals surface area contributed by atoms with E-state index in [1.165, 1.54) is 18.2 Å². The van der Waals surface area contributed by atoms with E-state index in [9.17, 15) is 29.7 Å². The summed E-state index contributed by atoms with van der Waals surface area (Å²) in [5.74, 6) is -1.08. The van der Waals surface area contributed by atoms with Crippen LogP contribution in [0.4, 0.5) is 0 Å². The van der Waals surface area contributed by atoms with E-state index in [-0.39, 0.29) is 64.6 Å². The van der Waals surface area contributed by atoms with Crippen molar-refractivity contribution in [3.05, 3.63) is 23.8 Å². The Balaban J connectivity index is 1.22. The number of nitrogens with zero attached hydrogens (tertiary/aromatic N) is 1. The third-order valence-corrected chi connectivity index (χ3v) is 13.0. The van der Waals surface area contributed by atoms with Crippen LogP contribution in [0.25, 0.3) is 0 Å². The summed E-state index contributed by atoms with van der Waals surface area (Å²) in [6.45, 7) is 6.86. The predicted molar refractivity (Wildman–Crippen MR) is 168 cm³/mol. The number of esters is 1. The number of benzene rings is 1. The summed E-state index contributed by atoms with van der Waals surface area (Å²) in [7, 11) is 0. The zero-order chi connectivity index (χ0) is 32.1. The quantitative estimate of drug-likeness (QED) is 0.237. The van der Waals surface area contributed by atoms with Gasteiger partial charge in [-0.1, -0.05) is 58.9 Å². The fraction of sp³-hybridized carbons (Fsp3) is 0.750. The molecule has 248 valence electrons. The molecule has 1 aliphatic heterocycles. The zero-order valence-electron chi connectivity index (χ0n) is 27.2. The average Bonchev–Trinajstić information content (AvgIpc) is 3.58. The highest BCUT2D eigenvalue weighted by Crippen LogP contribution is 2.66. The molecule has 2 amide bonds. The number of carbonyl (C=O) groups excluding carboxylic acids is 3. The SMILES string of the molecule is CC1(C)C2CCC1(C)C(OC(=O)C1CC3CCCCC3N1C(=O)C(NC(=O)C(O)Cc1ccc(O)c(O)c1)C1CCCCC1)C2. The molecule has 1 saturated heterocycles. The monoisotopic (exact) mass is 624 g/mol. The van der Waals surface area contributed by atoms with E-state index in [0.717, 1.165) is 77.0 Å². The molecule has 1 aromatic carbocycles. The van der Waals surface area contributed by atoms with Crippen LogP contribution >= 0.6 is 0 Å². The van der Waals surface area contributed by atoms with Gasteiger partial charge in [-0.05, 0) is 92.2 Å². The van der Waals surface area contributed by atoms with Gasteiger partial charge in [0, 0.05) is 17.9 Å². The number of hydrogen-bond acceptors (Lipinski definition) is 7. The number of rotatable bonds is 8. The highest BCUT2D eigenvalue weighted by Gasteiger charge is 2.63. The van der Waals surface area contributed by atoms with E-state index in [0.29, 0.717) is 17.9 Å². The minimum atomic E-state index is -1.45. The van der Waals surface area contributed by atoms with Gasteiger partial charge in [-0.15, -0.1) is 0 Å². The minimum absolute atomic E-state index is 0.0521. The smallest absolute Gasteiger partial charge is 0.329 e. The molecule has 9 heteroatoms. The first-order valence-electron chi connectivity index (χ1n) is 17.4. The molecular formula is C36H52N2O7. The van der Waals surface area contributed by atoms with Crippen molar-refractivity contribution in [1.82, 2.24) is 10.2 Å². The van der Waals surface area contributed by atoms with Crippen LogP contribution in [0.2, 0.25) is 0 Å². The lowest BCUT2D eigenvalue weighted by Crippen LogP contribution is -2.59. The van der Waals surface area contributed by atoms with Crippen molar-refractivity contribution in [1.29, 1.82) is 0 Å². The molecule has 9 nitrogen and oxygen atoms in total. The van der Waals surface area contributed by atoms with Crippen molar-refractivity contribution in [2.45, 2.75) is 141 Å². The first-order chi connectivity index (χ1) is 21.4. The Kier molecular flexibility index (Phi) is 8.87. The maximum atomic E-state index is 14.7. The Hall–Kier alpha value is -2.81. The van der Waals surface area contributed by atoms with Gasteiger partial charge in [-0.25, -0.2) is 4.79 Å². The van der Waals surface area contributed by atoms with E-state index >= 15 is 0 Å². The lowest BCUT2D eigenvalue weighted by molar-refractivity contribution is -0.166. The van der Waals surface area contributed by atoms with Crippen LogP contribution in [0.3, 0.4) is 0 Å². The molecular weight excluding hydrogens is 572 g/mol. The molecule has 8 atom stereocenters. The number of phenolic OH excluding ortho intramolecular Hbond substituents is 2. The molecule has 1 aromatic rings. The van der Waals surface area contributed by atoms with Gasteiger partial charge >= 0.3 is 5.97 Å². The minimum Gasteiger partial charge on any atom is -0.504 e. The largest absolute Gasteiger partial charge is 0.504 e. The molecule has 2 bridgehead atoms. The average molecular weight is 625 g/mol. The van der Waals surface area contributed by atoms with Crippen molar-refractivity contribution in [3.8, 4) is 11.5 Å². The summed E-state index contributed by atoms with van der Waals surface area (Å²) >= 11 is 0. The van der Waals surface area contributed by atoms with E-state index < -0.39 is 24.1 Å². The number of aliphatic hydroxyl groups is 1. The normalized spacial score (nSPS) is 33.8. The molecule has 4 N–H and O–H groups in total. The van der Waals surface area contributed by atoms with Crippen molar-refractivity contribution >= 4 is 17.8 Å². The molecule has 0 spiro atoms. The third kappa shape index (κ3) is 5.83. The number of ether oxygens (including phenoxy) is 1. The van der Waals surface area contributed by atoms with Crippen LogP contribution in [0.15, 0.2) is 18.2 Å². The van der Waals surface area contributed by atoms with Gasteiger partial charge in [-0.3, -0.25) is 9.59 Å². The highest BCUT2D eigenvalue weighted by molar-refractivity contribution is 5.93. The predicted octanol–water partition coefficient (Wildman–Crippen LogP) is 4.98. The maximum absolute atomic E-state index is 14.7. The van der Waals surface area contributed by atoms with Crippen LogP contribution in [-0.4, -0.2) is 68.3 Å². The summed E-state index contributed by atoms with van der Waals surface area (Å²) in [5, 5.41) is 33.3. The molecule has 5 aliphatic rings. The van der Waals surface area contributed by atoms with Crippen molar-refractivity contribution in [2.24, 2.45) is 28.6 Å². The number of carbonyl (C=O) groups is 3. The van der Waals surface area contributed by atoms with Gasteiger partial charge in [0.25, 0.3) is 0 Å². The first-order valence-corrected chi connectivity index (χ1v) is 17.4. The van der Waals surface area contributed by atoms with Gasteiger partial charge in [0.15, 0.2) is 11.5 Å². The summed E-state index contributed by atoms with van der Waals surface area (Å²) in [5.41, 5.74) is 0.516. The van der Waals surface area contributed by atoms with E-state index in [2.05, 4.69) is 26.1 Å². The van der Waals surface area contributed by atoms with Crippen molar-refractivity contribution < 1.29 is 34.4 Å². The lowest BCUT2D eigenvalue weighted by Gasteiger charge is -2.40. The Labute approximate surface area is 267 Å². The first kappa shape index (κ1) is 32.1. The molecule has 5 fully saturated rings. The van der Waals surface area contributed by atoms with E-state index in [1.807, 2.05) is 0 Å². The number of phenols is 2. The number of aliphatic hydroxyl groups excluding tert-OH is 1. The molecule has 4 aliphatic carbocycles. The zero-order valence-corrected chi connectivity index (χ0v) is 27.2. The van der Waals surface area contributed by atoms with Crippen molar-refractivity contribution in [2.75, 3.05) is 0 Å². The topological polar surface area (TPSA) is 136 Å². The molecule has 0 aromatic heterocycles. The van der Waals surface area contributed by atoms with E-state index in [4.69, 9.17) is 4.74 Å². The number of likely N-dealkylation sites (tertiary alicyclic amines) is 1. The Bertz CT molecular complexity index is 1290. The molecule has 8 unspecified atom stereocenters. The van der Waals surface area contributed by atoms with Gasteiger partial charge in [0.2, 0.25) is 11.8 Å². The van der Waals surface area contributed by atoms with Crippen LogP contribution < -0.4 is 5.32 Å². The van der Waals surface area contributed by atoms with Crippen molar-refractivity contribution in [3.63, 3.8) is 0 Å². The maximum Gasteiger partial charge on any atom is 0.329 e.